The normalized spacial score (nSPS) is 19.0. The van der Waals surface area contributed by atoms with Crippen molar-refractivity contribution >= 4 is 6.08 Å². The van der Waals surface area contributed by atoms with E-state index in [-0.39, 0.29) is 30.2 Å². The maximum absolute atomic E-state index is 2.44. The first-order valence-electron chi connectivity index (χ1n) is 7.62. The minimum atomic E-state index is 0. The summed E-state index contributed by atoms with van der Waals surface area (Å²) in [6.07, 6.45) is 13.1. The summed E-state index contributed by atoms with van der Waals surface area (Å²) in [7, 11) is 0. The van der Waals surface area contributed by atoms with Gasteiger partial charge < -0.3 is 24.8 Å². The Morgan fingerprint density at radius 1 is 1.09 bits per heavy atom. The average Bonchev–Trinajstić information content (AvgIpc) is 3.09. The van der Waals surface area contributed by atoms with Crippen LogP contribution in [0.3, 0.4) is 0 Å². The zero-order valence-corrected chi connectivity index (χ0v) is 17.0. The largest absolute Gasteiger partial charge is 1.00 e. The summed E-state index contributed by atoms with van der Waals surface area (Å²) in [6, 6.07) is 8.91. The van der Waals surface area contributed by atoms with E-state index in [9.17, 15) is 0 Å². The zero-order valence-electron chi connectivity index (χ0n) is 13.1. The summed E-state index contributed by atoms with van der Waals surface area (Å²) in [5.41, 5.74) is 4.85. The van der Waals surface area contributed by atoms with E-state index in [0.29, 0.717) is 5.92 Å². The molecule has 0 aromatic heterocycles. The fourth-order valence-electron chi connectivity index (χ4n) is 3.94. The van der Waals surface area contributed by atoms with E-state index in [4.69, 9.17) is 0 Å². The third kappa shape index (κ3) is 3.10. The van der Waals surface area contributed by atoms with Gasteiger partial charge in [-0.25, -0.2) is 0 Å². The second-order valence-corrected chi connectivity index (χ2v) is 7.31. The van der Waals surface area contributed by atoms with Crippen LogP contribution in [0.25, 0.3) is 6.08 Å². The van der Waals surface area contributed by atoms with E-state index >= 15 is 0 Å². The maximum atomic E-state index is 2.44. The first-order chi connectivity index (χ1) is 9.73. The van der Waals surface area contributed by atoms with Crippen LogP contribution in [0.2, 0.25) is 0 Å². The molecule has 3 heteroatoms. The molecule has 3 rings (SSSR count). The molecular weight excluding hydrogens is 390 g/mol. The van der Waals surface area contributed by atoms with Crippen LogP contribution in [0.5, 0.6) is 0 Å². The van der Waals surface area contributed by atoms with Crippen LogP contribution >= 0.6 is 0 Å². The Morgan fingerprint density at radius 2 is 1.77 bits per heavy atom. The molecule has 2 aliphatic rings. The van der Waals surface area contributed by atoms with Gasteiger partial charge in [-0.05, 0) is 0 Å². The summed E-state index contributed by atoms with van der Waals surface area (Å²) in [4.78, 5) is 0. The van der Waals surface area contributed by atoms with Crippen LogP contribution in [-0.2, 0) is 24.7 Å². The summed E-state index contributed by atoms with van der Waals surface area (Å²) in [5.74, 6) is 0.543. The van der Waals surface area contributed by atoms with Gasteiger partial charge in [-0.3, -0.25) is 0 Å². The third-order valence-electron chi connectivity index (χ3n) is 5.12. The van der Waals surface area contributed by atoms with Crippen molar-refractivity contribution in [3.63, 3.8) is 0 Å². The first kappa shape index (κ1) is 19.9. The van der Waals surface area contributed by atoms with Gasteiger partial charge in [-0.1, -0.05) is 0 Å². The van der Waals surface area contributed by atoms with Gasteiger partial charge >= 0.3 is 138 Å². The maximum Gasteiger partial charge on any atom is -1.00 e. The van der Waals surface area contributed by atoms with Crippen molar-refractivity contribution in [2.75, 3.05) is 0 Å². The van der Waals surface area contributed by atoms with Crippen LogP contribution < -0.4 is 24.8 Å². The first-order valence-corrected chi connectivity index (χ1v) is 8.84. The van der Waals surface area contributed by atoms with Crippen LogP contribution in [0.1, 0.15) is 50.2 Å². The molecule has 0 amide bonds. The number of fused-ring (bicyclic) bond motifs is 1. The van der Waals surface area contributed by atoms with Crippen LogP contribution in [0.15, 0.2) is 51.3 Å². The molecule has 115 valence electrons. The van der Waals surface area contributed by atoms with Crippen LogP contribution in [0.4, 0.5) is 0 Å². The Labute approximate surface area is 161 Å². The van der Waals surface area contributed by atoms with Crippen molar-refractivity contribution in [3.05, 3.63) is 62.5 Å². The standard InChI is InChI=1S/C19H21.2ClH.Zr/c1-3-19(4-2,16-10-6-7-11-16)18-14-13-15-9-5-8-12-17(15)18;;;/h5-6,8-10,12-14,18H,3-4,7H2,1-2H3;2*1H;/q;;;+2/p-2. The third-order valence-corrected chi connectivity index (χ3v) is 6.29. The molecule has 0 radical (unpaired) electrons. The second-order valence-electron chi connectivity index (χ2n) is 5.83. The number of hydrogen-bond acceptors (Lipinski definition) is 0. The van der Waals surface area contributed by atoms with E-state index in [2.05, 4.69) is 62.4 Å². The number of allylic oxidation sites excluding steroid dienone is 5. The Balaban J connectivity index is 0.00000121. The number of halogens is 2. The van der Waals surface area contributed by atoms with Crippen molar-refractivity contribution in [3.8, 4) is 0 Å². The number of benzene rings is 1. The molecule has 0 N–H and O–H groups in total. The SMILES string of the molecule is CCC(CC)(C1=[C]([Zr+2])CC=C1)C1C=Cc2ccccc21.[Cl-].[Cl-]. The van der Waals surface area contributed by atoms with Crippen molar-refractivity contribution in [1.29, 1.82) is 0 Å². The van der Waals surface area contributed by atoms with Crippen molar-refractivity contribution in [1.82, 2.24) is 0 Å². The predicted molar refractivity (Wildman–Crippen MR) is 82.0 cm³/mol. The topological polar surface area (TPSA) is 0 Å². The Kier molecular flexibility index (Phi) is 7.38. The quantitative estimate of drug-likeness (QED) is 0.619. The summed E-state index contributed by atoms with van der Waals surface area (Å²) < 4.78 is 1.65. The molecule has 0 nitrogen and oxygen atoms in total. The van der Waals surface area contributed by atoms with Gasteiger partial charge in [0, 0.05) is 0 Å². The fraction of sp³-hybridized carbons (Fsp3) is 0.368. The van der Waals surface area contributed by atoms with E-state index in [1.807, 2.05) is 0 Å². The van der Waals surface area contributed by atoms with E-state index < -0.39 is 0 Å². The monoisotopic (exact) mass is 409 g/mol. The average molecular weight is 412 g/mol. The van der Waals surface area contributed by atoms with Gasteiger partial charge in [-0.15, -0.1) is 0 Å². The second kappa shape index (κ2) is 8.14. The molecule has 0 saturated carbocycles. The van der Waals surface area contributed by atoms with E-state index in [1.54, 1.807) is 33.6 Å². The van der Waals surface area contributed by atoms with Crippen molar-refractivity contribution in [2.24, 2.45) is 5.41 Å². The minimum Gasteiger partial charge on any atom is -1.00 e. The molecule has 0 saturated heterocycles. The Morgan fingerprint density at radius 3 is 2.36 bits per heavy atom. The molecule has 0 aliphatic heterocycles. The summed E-state index contributed by atoms with van der Waals surface area (Å²) in [6.45, 7) is 4.72. The molecule has 1 aromatic rings. The minimum absolute atomic E-state index is 0. The van der Waals surface area contributed by atoms with Gasteiger partial charge in [0.05, 0.1) is 0 Å². The van der Waals surface area contributed by atoms with E-state index in [0.717, 1.165) is 0 Å². The fourth-order valence-corrected chi connectivity index (χ4v) is 5.05. The number of hydrogen-bond donors (Lipinski definition) is 0. The van der Waals surface area contributed by atoms with Gasteiger partial charge in [0.1, 0.15) is 0 Å². The molecule has 1 unspecified atom stereocenters. The predicted octanol–water partition coefficient (Wildman–Crippen LogP) is -0.628. The molecule has 2 aliphatic carbocycles. The molecule has 0 bridgehead atoms. The summed E-state index contributed by atoms with van der Waals surface area (Å²) >= 11 is 1.59. The van der Waals surface area contributed by atoms with E-state index in [1.165, 1.54) is 30.4 Å². The molecule has 22 heavy (non-hydrogen) atoms. The zero-order chi connectivity index (χ0) is 14.2. The molecule has 0 fully saturated rings. The Bertz CT molecular complexity index is 610. The molecule has 1 atom stereocenters. The van der Waals surface area contributed by atoms with Gasteiger partial charge in [0.15, 0.2) is 0 Å². The van der Waals surface area contributed by atoms with Gasteiger partial charge in [0.25, 0.3) is 0 Å². The van der Waals surface area contributed by atoms with Crippen molar-refractivity contribution < 1.29 is 49.5 Å². The van der Waals surface area contributed by atoms with Crippen molar-refractivity contribution in [2.45, 2.75) is 39.0 Å². The van der Waals surface area contributed by atoms with Crippen LogP contribution in [0, 0.1) is 5.41 Å². The number of rotatable bonds is 4. The molecular formula is C19H21Cl2Zr. The molecule has 0 spiro atoms. The van der Waals surface area contributed by atoms with Gasteiger partial charge in [-0.2, -0.15) is 0 Å². The van der Waals surface area contributed by atoms with Crippen LogP contribution in [-0.4, -0.2) is 0 Å². The smallest absolute Gasteiger partial charge is 1.00 e. The van der Waals surface area contributed by atoms with Gasteiger partial charge in [0.2, 0.25) is 0 Å². The molecule has 1 aromatic carbocycles. The summed E-state index contributed by atoms with van der Waals surface area (Å²) in [5, 5.41) is 0. The molecule has 0 heterocycles. The Hall–Kier alpha value is -0.0969.